The highest BCUT2D eigenvalue weighted by molar-refractivity contribution is 5.66. The first-order chi connectivity index (χ1) is 15.0. The molecule has 1 atom stereocenters. The normalized spacial score (nSPS) is 16.2. The monoisotopic (exact) mass is 451 g/mol. The highest BCUT2D eigenvalue weighted by Crippen LogP contribution is 2.44. The highest BCUT2D eigenvalue weighted by atomic mass is 19.4. The van der Waals surface area contributed by atoms with Crippen LogP contribution in [0.3, 0.4) is 0 Å². The topological polar surface area (TPSA) is 53.1 Å². The number of anilines is 1. The van der Waals surface area contributed by atoms with Crippen LogP contribution in [0.5, 0.6) is 0 Å². The maximum absolute atomic E-state index is 13.6. The number of oxazole rings is 1. The number of benzene rings is 2. The molecule has 1 unspecified atom stereocenters. The molecule has 0 saturated carbocycles. The summed E-state index contributed by atoms with van der Waals surface area (Å²) in [5.74, 6) is 0.268. The lowest BCUT2D eigenvalue weighted by molar-refractivity contribution is -0.138. The van der Waals surface area contributed by atoms with Gasteiger partial charge in [-0.3, -0.25) is 0 Å². The first kappa shape index (κ1) is 21.7. The number of rotatable bonds is 3. The Morgan fingerprint density at radius 1 is 1.12 bits per heavy atom. The smallest absolute Gasteiger partial charge is 0.418 e. The molecule has 3 aromatic rings. The molecule has 1 aliphatic heterocycles. The Hall–Kier alpha value is -3.48. The van der Waals surface area contributed by atoms with Gasteiger partial charge in [0, 0.05) is 17.3 Å². The fourth-order valence-electron chi connectivity index (χ4n) is 3.92. The lowest BCUT2D eigenvalue weighted by Crippen LogP contribution is -2.28. The molecule has 0 radical (unpaired) electrons. The van der Waals surface area contributed by atoms with E-state index >= 15 is 0 Å². The molecule has 0 bridgehead atoms. The Kier molecular flexibility index (Phi) is 5.15. The minimum absolute atomic E-state index is 0.0195. The van der Waals surface area contributed by atoms with E-state index in [4.69, 9.17) is 9.68 Å². The van der Waals surface area contributed by atoms with E-state index in [-0.39, 0.29) is 41.8 Å². The Balaban J connectivity index is 1.64. The number of nitrogens with zero attached hydrogens (tertiary/aromatic N) is 3. The molecule has 4 rings (SSSR count). The molecule has 10 heteroatoms. The molecule has 0 spiro atoms. The van der Waals surface area contributed by atoms with Crippen molar-refractivity contribution in [2.24, 2.45) is 0 Å². The SMILES string of the molecule is CC1Cc2c(ccc(C#N)c2C(F)(F)F)N1Cc1cnc(-c2cccc(C(F)(F)F)c2)o1. The number of aromatic nitrogens is 1. The van der Waals surface area contributed by atoms with Crippen LogP contribution in [-0.4, -0.2) is 11.0 Å². The zero-order valence-electron chi connectivity index (χ0n) is 16.6. The summed E-state index contributed by atoms with van der Waals surface area (Å²) in [5, 5.41) is 9.10. The largest absolute Gasteiger partial charge is 0.439 e. The van der Waals surface area contributed by atoms with Crippen LogP contribution < -0.4 is 4.90 Å². The van der Waals surface area contributed by atoms with Gasteiger partial charge in [-0.2, -0.15) is 31.6 Å². The fourth-order valence-corrected chi connectivity index (χ4v) is 3.92. The summed E-state index contributed by atoms with van der Waals surface area (Å²) in [5.41, 5.74) is -1.70. The van der Waals surface area contributed by atoms with Crippen LogP contribution in [0, 0.1) is 11.3 Å². The van der Waals surface area contributed by atoms with Crippen LogP contribution in [0.2, 0.25) is 0 Å². The van der Waals surface area contributed by atoms with Crippen molar-refractivity contribution >= 4 is 5.69 Å². The van der Waals surface area contributed by atoms with Gasteiger partial charge in [-0.05, 0) is 49.2 Å². The predicted octanol–water partition coefficient (Wildman–Crippen LogP) is 6.20. The third-order valence-corrected chi connectivity index (χ3v) is 5.35. The summed E-state index contributed by atoms with van der Waals surface area (Å²) in [6, 6.07) is 8.42. The van der Waals surface area contributed by atoms with Crippen molar-refractivity contribution in [3.8, 4) is 17.5 Å². The third-order valence-electron chi connectivity index (χ3n) is 5.35. The minimum atomic E-state index is -4.67. The van der Waals surface area contributed by atoms with Crippen LogP contribution >= 0.6 is 0 Å². The van der Waals surface area contributed by atoms with Gasteiger partial charge in [-0.1, -0.05) is 6.07 Å². The Labute approximate surface area is 178 Å². The number of fused-ring (bicyclic) bond motifs is 1. The van der Waals surface area contributed by atoms with Gasteiger partial charge in [0.1, 0.15) is 5.76 Å². The first-order valence-electron chi connectivity index (χ1n) is 9.51. The van der Waals surface area contributed by atoms with Crippen LogP contribution in [0.1, 0.15) is 34.9 Å². The van der Waals surface area contributed by atoms with Crippen molar-refractivity contribution < 1.29 is 30.8 Å². The van der Waals surface area contributed by atoms with Crippen LogP contribution in [0.15, 0.2) is 47.0 Å². The summed E-state index contributed by atoms with van der Waals surface area (Å²) < 4.78 is 85.3. The zero-order chi connectivity index (χ0) is 23.3. The van der Waals surface area contributed by atoms with Crippen molar-refractivity contribution in [2.45, 2.75) is 38.3 Å². The van der Waals surface area contributed by atoms with E-state index in [9.17, 15) is 26.3 Å². The molecule has 0 amide bonds. The van der Waals surface area contributed by atoms with Crippen LogP contribution in [0.4, 0.5) is 32.0 Å². The quantitative estimate of drug-likeness (QED) is 0.445. The maximum Gasteiger partial charge on any atom is 0.418 e. The van der Waals surface area contributed by atoms with E-state index in [2.05, 4.69) is 4.98 Å². The van der Waals surface area contributed by atoms with Crippen LogP contribution in [0.25, 0.3) is 11.5 Å². The molecule has 0 fully saturated rings. The van der Waals surface area contributed by atoms with E-state index in [1.807, 2.05) is 0 Å². The molecule has 0 N–H and O–H groups in total. The van der Waals surface area contributed by atoms with Crippen molar-refractivity contribution in [2.75, 3.05) is 4.90 Å². The van der Waals surface area contributed by atoms with Gasteiger partial charge in [0.15, 0.2) is 0 Å². The first-order valence-corrected chi connectivity index (χ1v) is 9.51. The maximum atomic E-state index is 13.6. The molecule has 166 valence electrons. The lowest BCUT2D eigenvalue weighted by atomic mass is 9.98. The third kappa shape index (κ3) is 3.90. The van der Waals surface area contributed by atoms with Crippen molar-refractivity contribution in [3.05, 3.63) is 70.6 Å². The molecule has 1 aromatic heterocycles. The molecule has 32 heavy (non-hydrogen) atoms. The van der Waals surface area contributed by atoms with Crippen LogP contribution in [-0.2, 0) is 25.3 Å². The van der Waals surface area contributed by atoms with Crippen molar-refractivity contribution in [1.82, 2.24) is 4.98 Å². The summed E-state index contributed by atoms with van der Waals surface area (Å²) >= 11 is 0. The van der Waals surface area contributed by atoms with Gasteiger partial charge in [-0.25, -0.2) is 4.98 Å². The second-order valence-electron chi connectivity index (χ2n) is 7.49. The zero-order valence-corrected chi connectivity index (χ0v) is 16.6. The van der Waals surface area contributed by atoms with Crippen molar-refractivity contribution in [1.29, 1.82) is 5.26 Å². The predicted molar refractivity (Wildman–Crippen MR) is 102 cm³/mol. The second-order valence-corrected chi connectivity index (χ2v) is 7.49. The summed E-state index contributed by atoms with van der Waals surface area (Å²) in [7, 11) is 0. The Morgan fingerprint density at radius 3 is 2.53 bits per heavy atom. The average Bonchev–Trinajstić information content (AvgIpc) is 3.31. The molecular formula is C22H15F6N3O. The molecule has 1 aliphatic rings. The van der Waals surface area contributed by atoms with E-state index in [1.165, 1.54) is 24.4 Å². The Bertz CT molecular complexity index is 1210. The minimum Gasteiger partial charge on any atom is -0.439 e. The summed E-state index contributed by atoms with van der Waals surface area (Å²) in [6.07, 6.45) is -7.75. The van der Waals surface area contributed by atoms with Gasteiger partial charge in [0.05, 0.1) is 35.5 Å². The number of hydrogen-bond donors (Lipinski definition) is 0. The summed E-state index contributed by atoms with van der Waals surface area (Å²) in [6.45, 7) is 1.82. The molecule has 0 saturated heterocycles. The fraction of sp³-hybridized carbons (Fsp3) is 0.273. The lowest BCUT2D eigenvalue weighted by Gasteiger charge is -2.23. The van der Waals surface area contributed by atoms with Gasteiger partial charge in [-0.15, -0.1) is 0 Å². The highest BCUT2D eigenvalue weighted by Gasteiger charge is 2.41. The number of nitriles is 1. The second kappa shape index (κ2) is 7.58. The standard InChI is InChI=1S/C22H15F6N3O/c1-12-7-17-18(6-5-14(9-29)19(17)22(26,27)28)31(12)11-16-10-30-20(32-16)13-3-2-4-15(8-13)21(23,24)25/h2-6,8,10,12H,7,11H2,1H3. The number of hydrogen-bond acceptors (Lipinski definition) is 4. The Morgan fingerprint density at radius 2 is 1.88 bits per heavy atom. The van der Waals surface area contributed by atoms with Crippen molar-refractivity contribution in [3.63, 3.8) is 0 Å². The van der Waals surface area contributed by atoms with Gasteiger partial charge in [0.2, 0.25) is 5.89 Å². The summed E-state index contributed by atoms with van der Waals surface area (Å²) in [4.78, 5) is 5.73. The van der Waals surface area contributed by atoms with Gasteiger partial charge in [0.25, 0.3) is 0 Å². The van der Waals surface area contributed by atoms with Gasteiger partial charge >= 0.3 is 12.4 Å². The number of alkyl halides is 6. The molecule has 2 heterocycles. The van der Waals surface area contributed by atoms with E-state index < -0.39 is 29.0 Å². The average molecular weight is 451 g/mol. The molecular weight excluding hydrogens is 436 g/mol. The van der Waals surface area contributed by atoms with E-state index in [0.717, 1.165) is 18.2 Å². The molecule has 2 aromatic carbocycles. The molecule has 4 nitrogen and oxygen atoms in total. The van der Waals surface area contributed by atoms with Gasteiger partial charge < -0.3 is 9.32 Å². The molecule has 0 aliphatic carbocycles. The van der Waals surface area contributed by atoms with E-state index in [1.54, 1.807) is 17.9 Å². The van der Waals surface area contributed by atoms with E-state index in [0.29, 0.717) is 5.69 Å². The number of halogens is 6.